The third kappa shape index (κ3) is 4.69. The molecule has 1 N–H and O–H groups in total. The molecule has 5 heteroatoms. The van der Waals surface area contributed by atoms with E-state index in [0.29, 0.717) is 17.2 Å². The second kappa shape index (κ2) is 9.13. The molecular formula is C21H27NO4. The summed E-state index contributed by atoms with van der Waals surface area (Å²) in [5.74, 6) is 1.55. The van der Waals surface area contributed by atoms with E-state index in [1.165, 1.54) is 5.56 Å². The fourth-order valence-electron chi connectivity index (χ4n) is 2.89. The zero-order chi connectivity index (χ0) is 19.1. The van der Waals surface area contributed by atoms with Crippen LogP contribution in [0, 0.1) is 6.92 Å². The molecule has 2 aromatic carbocycles. The van der Waals surface area contributed by atoms with Gasteiger partial charge in [-0.05, 0) is 36.6 Å². The van der Waals surface area contributed by atoms with E-state index in [1.54, 1.807) is 33.5 Å². The van der Waals surface area contributed by atoms with Gasteiger partial charge in [-0.25, -0.2) is 0 Å². The van der Waals surface area contributed by atoms with Crippen LogP contribution in [-0.4, -0.2) is 27.2 Å². The van der Waals surface area contributed by atoms with E-state index in [2.05, 4.69) is 36.5 Å². The normalized spacial score (nSPS) is 11.6. The molecule has 1 amide bonds. The highest BCUT2D eigenvalue weighted by Gasteiger charge is 2.17. The number of aryl methyl sites for hydroxylation is 1. The van der Waals surface area contributed by atoms with Crippen LogP contribution in [0.4, 0.5) is 0 Å². The van der Waals surface area contributed by atoms with Crippen LogP contribution in [0.3, 0.4) is 0 Å². The van der Waals surface area contributed by atoms with Crippen molar-refractivity contribution in [1.29, 1.82) is 0 Å². The molecule has 0 spiro atoms. The molecule has 5 nitrogen and oxygen atoms in total. The van der Waals surface area contributed by atoms with Crippen molar-refractivity contribution in [2.45, 2.75) is 32.7 Å². The molecule has 0 saturated carbocycles. The molecular weight excluding hydrogens is 330 g/mol. The van der Waals surface area contributed by atoms with Gasteiger partial charge in [0.2, 0.25) is 11.7 Å². The summed E-state index contributed by atoms with van der Waals surface area (Å²) in [6.45, 7) is 4.11. The number of carbonyl (C=O) groups excluding carboxylic acids is 1. The number of rotatable bonds is 8. The summed E-state index contributed by atoms with van der Waals surface area (Å²) in [5, 5.41) is 3.10. The number of hydrogen-bond donors (Lipinski definition) is 1. The van der Waals surface area contributed by atoms with E-state index in [-0.39, 0.29) is 18.4 Å². The van der Waals surface area contributed by atoms with Gasteiger partial charge in [-0.1, -0.05) is 36.8 Å². The summed E-state index contributed by atoms with van der Waals surface area (Å²) < 4.78 is 16.0. The van der Waals surface area contributed by atoms with Gasteiger partial charge in [-0.2, -0.15) is 0 Å². The summed E-state index contributed by atoms with van der Waals surface area (Å²) in [6.07, 6.45) is 1.06. The number of methoxy groups -OCH3 is 3. The molecule has 0 heterocycles. The van der Waals surface area contributed by atoms with E-state index in [1.807, 2.05) is 6.92 Å². The van der Waals surface area contributed by atoms with E-state index in [9.17, 15) is 4.79 Å². The Kier molecular flexibility index (Phi) is 6.89. The molecule has 0 unspecified atom stereocenters. The SMILES string of the molecule is CC[C@@H](NC(=O)Cc1cc(OC)c(OC)c(OC)c1)c1ccc(C)cc1. The highest BCUT2D eigenvalue weighted by atomic mass is 16.5. The summed E-state index contributed by atoms with van der Waals surface area (Å²) >= 11 is 0. The van der Waals surface area contributed by atoms with Crippen molar-refractivity contribution in [2.75, 3.05) is 21.3 Å². The molecule has 140 valence electrons. The molecule has 1 atom stereocenters. The lowest BCUT2D eigenvalue weighted by Crippen LogP contribution is -2.29. The highest BCUT2D eigenvalue weighted by molar-refractivity contribution is 5.79. The Morgan fingerprint density at radius 1 is 1.00 bits per heavy atom. The Balaban J connectivity index is 2.14. The lowest BCUT2D eigenvalue weighted by atomic mass is 10.0. The van der Waals surface area contributed by atoms with Crippen molar-refractivity contribution in [3.8, 4) is 17.2 Å². The first-order valence-corrected chi connectivity index (χ1v) is 8.67. The van der Waals surface area contributed by atoms with Gasteiger partial charge in [-0.3, -0.25) is 4.79 Å². The smallest absolute Gasteiger partial charge is 0.224 e. The van der Waals surface area contributed by atoms with Gasteiger partial charge in [-0.15, -0.1) is 0 Å². The zero-order valence-electron chi connectivity index (χ0n) is 16.1. The van der Waals surface area contributed by atoms with Gasteiger partial charge in [0.25, 0.3) is 0 Å². The Hall–Kier alpha value is -2.69. The molecule has 0 aromatic heterocycles. The van der Waals surface area contributed by atoms with Gasteiger partial charge in [0, 0.05) is 0 Å². The third-order valence-corrected chi connectivity index (χ3v) is 4.31. The van der Waals surface area contributed by atoms with Gasteiger partial charge in [0.05, 0.1) is 33.8 Å². The minimum atomic E-state index is -0.0494. The molecule has 2 rings (SSSR count). The lowest BCUT2D eigenvalue weighted by molar-refractivity contribution is -0.121. The van der Waals surface area contributed by atoms with Crippen LogP contribution in [0.1, 0.15) is 36.1 Å². The number of amides is 1. The van der Waals surface area contributed by atoms with Crippen molar-refractivity contribution in [3.05, 3.63) is 53.1 Å². The monoisotopic (exact) mass is 357 g/mol. The summed E-state index contributed by atoms with van der Waals surface area (Å²) in [5.41, 5.74) is 3.11. The van der Waals surface area contributed by atoms with E-state index in [0.717, 1.165) is 17.5 Å². The first-order valence-electron chi connectivity index (χ1n) is 8.67. The largest absolute Gasteiger partial charge is 0.493 e. The van der Waals surface area contributed by atoms with E-state index in [4.69, 9.17) is 14.2 Å². The van der Waals surface area contributed by atoms with Gasteiger partial charge in [0.1, 0.15) is 0 Å². The molecule has 0 aliphatic carbocycles. The van der Waals surface area contributed by atoms with Gasteiger partial charge in [0.15, 0.2) is 11.5 Å². The van der Waals surface area contributed by atoms with Crippen molar-refractivity contribution < 1.29 is 19.0 Å². The predicted molar refractivity (Wildman–Crippen MR) is 102 cm³/mol. The van der Waals surface area contributed by atoms with E-state index >= 15 is 0 Å². The van der Waals surface area contributed by atoms with Gasteiger partial charge >= 0.3 is 0 Å². The lowest BCUT2D eigenvalue weighted by Gasteiger charge is -2.18. The molecule has 0 saturated heterocycles. The topological polar surface area (TPSA) is 56.8 Å². The number of carbonyl (C=O) groups is 1. The van der Waals surface area contributed by atoms with Crippen LogP contribution in [0.2, 0.25) is 0 Å². The number of benzene rings is 2. The average molecular weight is 357 g/mol. The predicted octanol–water partition coefficient (Wildman–Crippen LogP) is 3.83. The second-order valence-corrected chi connectivity index (χ2v) is 6.15. The Bertz CT molecular complexity index is 715. The summed E-state index contributed by atoms with van der Waals surface area (Å²) in [7, 11) is 4.68. The average Bonchev–Trinajstić information content (AvgIpc) is 2.65. The first-order chi connectivity index (χ1) is 12.5. The van der Waals surface area contributed by atoms with Crippen LogP contribution >= 0.6 is 0 Å². The quantitative estimate of drug-likeness (QED) is 0.780. The second-order valence-electron chi connectivity index (χ2n) is 6.15. The summed E-state index contributed by atoms with van der Waals surface area (Å²) in [4.78, 5) is 12.6. The van der Waals surface area contributed by atoms with Crippen molar-refractivity contribution in [3.63, 3.8) is 0 Å². The summed E-state index contributed by atoms with van der Waals surface area (Å²) in [6, 6.07) is 11.8. The van der Waals surface area contributed by atoms with Crippen LogP contribution in [0.25, 0.3) is 0 Å². The maximum Gasteiger partial charge on any atom is 0.224 e. The Morgan fingerprint density at radius 2 is 1.58 bits per heavy atom. The molecule has 26 heavy (non-hydrogen) atoms. The zero-order valence-corrected chi connectivity index (χ0v) is 16.1. The minimum absolute atomic E-state index is 0.00913. The molecule has 0 fully saturated rings. The fourth-order valence-corrected chi connectivity index (χ4v) is 2.89. The van der Waals surface area contributed by atoms with Gasteiger partial charge < -0.3 is 19.5 Å². The Morgan fingerprint density at radius 3 is 2.04 bits per heavy atom. The molecule has 0 bridgehead atoms. The van der Waals surface area contributed by atoms with Crippen molar-refractivity contribution >= 4 is 5.91 Å². The molecule has 0 radical (unpaired) electrons. The first kappa shape index (κ1) is 19.6. The van der Waals surface area contributed by atoms with Crippen LogP contribution < -0.4 is 19.5 Å². The third-order valence-electron chi connectivity index (χ3n) is 4.31. The number of ether oxygens (including phenoxy) is 3. The van der Waals surface area contributed by atoms with Crippen LogP contribution in [0.15, 0.2) is 36.4 Å². The molecule has 2 aromatic rings. The minimum Gasteiger partial charge on any atom is -0.493 e. The standard InChI is InChI=1S/C21H27NO4/c1-6-17(16-9-7-14(2)8-10-16)22-20(23)13-15-11-18(24-3)21(26-5)19(12-15)25-4/h7-12,17H,6,13H2,1-5H3,(H,22,23)/t17-/m1/s1. The Labute approximate surface area is 155 Å². The fraction of sp³-hybridized carbons (Fsp3) is 0.381. The highest BCUT2D eigenvalue weighted by Crippen LogP contribution is 2.38. The van der Waals surface area contributed by atoms with Crippen LogP contribution in [0.5, 0.6) is 17.2 Å². The maximum atomic E-state index is 12.6. The molecule has 0 aliphatic heterocycles. The number of hydrogen-bond acceptors (Lipinski definition) is 4. The number of nitrogens with one attached hydrogen (secondary N) is 1. The van der Waals surface area contributed by atoms with E-state index < -0.39 is 0 Å². The van der Waals surface area contributed by atoms with Crippen molar-refractivity contribution in [1.82, 2.24) is 5.32 Å². The van der Waals surface area contributed by atoms with Crippen LogP contribution in [-0.2, 0) is 11.2 Å². The maximum absolute atomic E-state index is 12.6. The molecule has 0 aliphatic rings. The van der Waals surface area contributed by atoms with Crippen molar-refractivity contribution in [2.24, 2.45) is 0 Å².